The fourth-order valence-electron chi connectivity index (χ4n) is 3.43. The highest BCUT2D eigenvalue weighted by atomic mass is 32.1. The number of allylic oxidation sites excluding steroid dienone is 1. The first-order valence-electron chi connectivity index (χ1n) is 8.37. The summed E-state index contributed by atoms with van der Waals surface area (Å²) in [6.07, 6.45) is 5.92. The van der Waals surface area contributed by atoms with Gasteiger partial charge in [-0.3, -0.25) is 4.79 Å². The molecule has 0 radical (unpaired) electrons. The molecule has 0 amide bonds. The van der Waals surface area contributed by atoms with Crippen molar-refractivity contribution in [2.75, 3.05) is 0 Å². The monoisotopic (exact) mass is 357 g/mol. The minimum absolute atomic E-state index is 0.0146. The van der Waals surface area contributed by atoms with E-state index in [-0.39, 0.29) is 5.56 Å². The molecule has 0 bridgehead atoms. The molecule has 3 aromatic heterocycles. The van der Waals surface area contributed by atoms with Gasteiger partial charge in [-0.25, -0.2) is 9.38 Å². The molecule has 26 heavy (non-hydrogen) atoms. The van der Waals surface area contributed by atoms with Crippen molar-refractivity contribution < 1.29 is 0 Å². The van der Waals surface area contributed by atoms with Crippen molar-refractivity contribution in [3.05, 3.63) is 87.8 Å². The maximum Gasteiger partial charge on any atom is 0.274 e. The maximum absolute atomic E-state index is 13.0. The predicted octanol–water partition coefficient (Wildman–Crippen LogP) is 3.60. The molecule has 126 valence electrons. The molecule has 4 nitrogen and oxygen atoms in total. The van der Waals surface area contributed by atoms with Gasteiger partial charge in [-0.2, -0.15) is 0 Å². The first-order valence-corrected chi connectivity index (χ1v) is 9.18. The fraction of sp³-hybridized carbons (Fsp3) is 0.0476. The number of hydrogen-bond acceptors (Lipinski definition) is 3. The molecular weight excluding hydrogens is 342 g/mol. The minimum Gasteiger partial charge on any atom is -0.343 e. The standard InChI is InChI=1S/C21H15N3OS/c1-2-11-23-13-14(15-7-3-5-9-17(15)23)12-19-20(25)24-18-10-6-4-8-16(18)22-21(24)26-19/h2-10,12-13H,1,11H2/b19-12-. The van der Waals surface area contributed by atoms with Crippen molar-refractivity contribution in [2.45, 2.75) is 6.54 Å². The van der Waals surface area contributed by atoms with Crippen LogP contribution < -0.4 is 10.1 Å². The molecule has 0 aliphatic carbocycles. The predicted molar refractivity (Wildman–Crippen MR) is 108 cm³/mol. The van der Waals surface area contributed by atoms with Crippen molar-refractivity contribution in [1.29, 1.82) is 0 Å². The topological polar surface area (TPSA) is 39.3 Å². The Bertz CT molecular complexity index is 1400. The van der Waals surface area contributed by atoms with Crippen LogP contribution in [0.3, 0.4) is 0 Å². The lowest BCUT2D eigenvalue weighted by Gasteiger charge is -1.98. The molecule has 0 atom stereocenters. The molecule has 5 heteroatoms. The zero-order chi connectivity index (χ0) is 17.7. The van der Waals surface area contributed by atoms with Crippen LogP contribution in [-0.4, -0.2) is 14.0 Å². The molecule has 0 saturated heterocycles. The van der Waals surface area contributed by atoms with Crippen LogP contribution in [0.15, 0.2) is 72.2 Å². The molecule has 0 aliphatic rings. The van der Waals surface area contributed by atoms with Crippen LogP contribution in [-0.2, 0) is 6.54 Å². The SMILES string of the molecule is C=CCn1cc(/C=c2\sc3nc4ccccc4n3c2=O)c2ccccc21. The Hall–Kier alpha value is -3.18. The average molecular weight is 357 g/mol. The lowest BCUT2D eigenvalue weighted by molar-refractivity contribution is 0.864. The number of hydrogen-bond donors (Lipinski definition) is 0. The minimum atomic E-state index is -0.0146. The van der Waals surface area contributed by atoms with Gasteiger partial charge in [-0.15, -0.1) is 6.58 Å². The molecular formula is C21H15N3OS. The number of aromatic nitrogens is 3. The van der Waals surface area contributed by atoms with Gasteiger partial charge in [0.05, 0.1) is 15.6 Å². The highest BCUT2D eigenvalue weighted by Gasteiger charge is 2.11. The third-order valence-electron chi connectivity index (χ3n) is 4.58. The summed E-state index contributed by atoms with van der Waals surface area (Å²) in [6, 6.07) is 15.9. The van der Waals surface area contributed by atoms with E-state index >= 15 is 0 Å². The normalized spacial score (nSPS) is 12.5. The lowest BCUT2D eigenvalue weighted by atomic mass is 10.2. The van der Waals surface area contributed by atoms with Crippen LogP contribution in [0.5, 0.6) is 0 Å². The summed E-state index contributed by atoms with van der Waals surface area (Å²) in [5.41, 5.74) is 3.87. The quantitative estimate of drug-likeness (QED) is 0.463. The highest BCUT2D eigenvalue weighted by molar-refractivity contribution is 7.15. The van der Waals surface area contributed by atoms with Gasteiger partial charge in [0, 0.05) is 29.2 Å². The van der Waals surface area contributed by atoms with Gasteiger partial charge in [0.1, 0.15) is 0 Å². The van der Waals surface area contributed by atoms with Crippen LogP contribution in [0.1, 0.15) is 5.56 Å². The zero-order valence-corrected chi connectivity index (χ0v) is 14.7. The largest absolute Gasteiger partial charge is 0.343 e. The van der Waals surface area contributed by atoms with Crippen LogP contribution in [0.4, 0.5) is 0 Å². The van der Waals surface area contributed by atoms with Crippen molar-refractivity contribution in [1.82, 2.24) is 14.0 Å². The van der Waals surface area contributed by atoms with Gasteiger partial charge in [0.25, 0.3) is 5.56 Å². The third kappa shape index (κ3) is 2.14. The summed E-state index contributed by atoms with van der Waals surface area (Å²) in [5, 5.41) is 1.13. The summed E-state index contributed by atoms with van der Waals surface area (Å²) >= 11 is 1.43. The Morgan fingerprint density at radius 2 is 1.85 bits per heavy atom. The highest BCUT2D eigenvalue weighted by Crippen LogP contribution is 2.22. The van der Waals surface area contributed by atoms with Crippen LogP contribution in [0.2, 0.25) is 0 Å². The van der Waals surface area contributed by atoms with Gasteiger partial charge in [0.15, 0.2) is 4.96 Å². The fourth-order valence-corrected chi connectivity index (χ4v) is 4.41. The Balaban J connectivity index is 1.79. The van der Waals surface area contributed by atoms with Crippen molar-refractivity contribution >= 4 is 44.3 Å². The Morgan fingerprint density at radius 1 is 1.08 bits per heavy atom. The van der Waals surface area contributed by atoms with E-state index < -0.39 is 0 Å². The number of benzene rings is 2. The number of thiazole rings is 1. The number of para-hydroxylation sites is 3. The van der Waals surface area contributed by atoms with E-state index in [9.17, 15) is 4.79 Å². The van der Waals surface area contributed by atoms with Crippen molar-refractivity contribution in [2.24, 2.45) is 0 Å². The van der Waals surface area contributed by atoms with E-state index in [0.29, 0.717) is 4.53 Å². The Labute approximate surface area is 152 Å². The van der Waals surface area contributed by atoms with E-state index in [1.54, 1.807) is 4.40 Å². The number of fused-ring (bicyclic) bond motifs is 4. The first-order chi connectivity index (χ1) is 12.8. The van der Waals surface area contributed by atoms with E-state index in [1.165, 1.54) is 11.3 Å². The Morgan fingerprint density at radius 3 is 2.69 bits per heavy atom. The molecule has 0 saturated carbocycles. The lowest BCUT2D eigenvalue weighted by Crippen LogP contribution is -2.22. The molecule has 0 N–H and O–H groups in total. The summed E-state index contributed by atoms with van der Waals surface area (Å²) in [7, 11) is 0. The van der Waals surface area contributed by atoms with Gasteiger partial charge in [-0.1, -0.05) is 47.7 Å². The number of nitrogens with zero attached hydrogens (tertiary/aromatic N) is 3. The molecule has 0 unspecified atom stereocenters. The van der Waals surface area contributed by atoms with E-state index in [4.69, 9.17) is 0 Å². The molecule has 2 aromatic carbocycles. The second-order valence-electron chi connectivity index (χ2n) is 6.18. The Kier molecular flexibility index (Phi) is 3.30. The third-order valence-corrected chi connectivity index (χ3v) is 5.55. The van der Waals surface area contributed by atoms with Crippen molar-refractivity contribution in [3.8, 4) is 0 Å². The van der Waals surface area contributed by atoms with Crippen molar-refractivity contribution in [3.63, 3.8) is 0 Å². The average Bonchev–Trinajstić information content (AvgIpc) is 3.28. The second-order valence-corrected chi connectivity index (χ2v) is 7.19. The second kappa shape index (κ2) is 5.68. The van der Waals surface area contributed by atoms with E-state index in [1.807, 2.05) is 48.6 Å². The molecule has 5 aromatic rings. The van der Waals surface area contributed by atoms with Crippen LogP contribution >= 0.6 is 11.3 Å². The summed E-state index contributed by atoms with van der Waals surface area (Å²) in [6.45, 7) is 4.56. The molecule has 3 heterocycles. The van der Waals surface area contributed by atoms with E-state index in [2.05, 4.69) is 34.5 Å². The first kappa shape index (κ1) is 15.1. The van der Waals surface area contributed by atoms with E-state index in [0.717, 1.165) is 39.0 Å². The summed E-state index contributed by atoms with van der Waals surface area (Å²) in [5.74, 6) is 0. The van der Waals surface area contributed by atoms with Gasteiger partial charge in [0.2, 0.25) is 0 Å². The summed E-state index contributed by atoms with van der Waals surface area (Å²) in [4.78, 5) is 18.3. The molecule has 0 spiro atoms. The molecule has 0 aliphatic heterocycles. The van der Waals surface area contributed by atoms with Crippen LogP contribution in [0, 0.1) is 0 Å². The molecule has 0 fully saturated rings. The zero-order valence-electron chi connectivity index (χ0n) is 13.9. The summed E-state index contributed by atoms with van der Waals surface area (Å²) < 4.78 is 4.54. The number of rotatable bonds is 3. The smallest absolute Gasteiger partial charge is 0.274 e. The van der Waals surface area contributed by atoms with Crippen LogP contribution in [0.25, 0.3) is 33.0 Å². The molecule has 5 rings (SSSR count). The van der Waals surface area contributed by atoms with Gasteiger partial charge < -0.3 is 4.57 Å². The maximum atomic E-state index is 13.0. The van der Waals surface area contributed by atoms with Gasteiger partial charge >= 0.3 is 0 Å². The number of imidazole rings is 1. The van der Waals surface area contributed by atoms with Gasteiger partial charge in [-0.05, 0) is 24.3 Å².